The van der Waals surface area contributed by atoms with Crippen molar-refractivity contribution in [2.24, 2.45) is 0 Å². The van der Waals surface area contributed by atoms with Crippen molar-refractivity contribution in [2.45, 2.75) is 32.6 Å². The first-order valence-electron chi connectivity index (χ1n) is 3.57. The van der Waals surface area contributed by atoms with Crippen LogP contribution in [-0.2, 0) is 4.79 Å². The first kappa shape index (κ1) is 6.53. The molecule has 1 saturated carbocycles. The fourth-order valence-corrected chi connectivity index (χ4v) is 1.20. The maximum atomic E-state index is 10.9. The zero-order chi connectivity index (χ0) is 6.69. The summed E-state index contributed by atoms with van der Waals surface area (Å²) in [7, 11) is 0. The number of hydrogen-bond acceptors (Lipinski definition) is 1. The number of carbonyl (C=O) groups excluding carboxylic acids is 1. The van der Waals surface area contributed by atoms with Gasteiger partial charge in [-0.15, -0.1) is 0 Å². The molecule has 0 unspecified atom stereocenters. The minimum atomic E-state index is 0.372. The Morgan fingerprint density at radius 1 is 1.56 bits per heavy atom. The number of rotatable bonds is 1. The maximum Gasteiger partial charge on any atom is 0.158 e. The van der Waals surface area contributed by atoms with Crippen molar-refractivity contribution >= 4 is 5.78 Å². The van der Waals surface area contributed by atoms with Gasteiger partial charge in [-0.25, -0.2) is 0 Å². The lowest BCUT2D eigenvalue weighted by atomic mass is 10.2. The molecule has 0 aromatic rings. The minimum Gasteiger partial charge on any atom is -0.295 e. The van der Waals surface area contributed by atoms with E-state index in [9.17, 15) is 4.79 Å². The highest BCUT2D eigenvalue weighted by Crippen LogP contribution is 2.20. The van der Waals surface area contributed by atoms with Gasteiger partial charge in [-0.05, 0) is 24.8 Å². The van der Waals surface area contributed by atoms with E-state index in [1.54, 1.807) is 0 Å². The molecule has 0 spiro atoms. The fourth-order valence-electron chi connectivity index (χ4n) is 1.20. The summed E-state index contributed by atoms with van der Waals surface area (Å²) in [6, 6.07) is 0. The number of Topliss-reactive ketones (excluding diaryl/α,β-unsaturated/α-hetero) is 1. The lowest BCUT2D eigenvalue weighted by Crippen LogP contribution is -1.89. The SMILES string of the molecule is CC/C=C1/CCCC1=O. The Kier molecular flexibility index (Phi) is 2.04. The molecule has 0 aromatic carbocycles. The third-order valence-corrected chi connectivity index (χ3v) is 1.66. The van der Waals surface area contributed by atoms with Gasteiger partial charge in [0, 0.05) is 6.42 Å². The molecule has 50 valence electrons. The van der Waals surface area contributed by atoms with Crippen LogP contribution in [0.3, 0.4) is 0 Å². The van der Waals surface area contributed by atoms with Crippen LogP contribution in [0.4, 0.5) is 0 Å². The highest BCUT2D eigenvalue weighted by atomic mass is 16.1. The molecule has 1 fully saturated rings. The van der Waals surface area contributed by atoms with Gasteiger partial charge in [0.05, 0.1) is 0 Å². The van der Waals surface area contributed by atoms with Gasteiger partial charge in [-0.1, -0.05) is 13.0 Å². The smallest absolute Gasteiger partial charge is 0.158 e. The van der Waals surface area contributed by atoms with Crippen molar-refractivity contribution in [3.8, 4) is 0 Å². The van der Waals surface area contributed by atoms with Crippen molar-refractivity contribution < 1.29 is 4.79 Å². The van der Waals surface area contributed by atoms with Gasteiger partial charge in [0.2, 0.25) is 0 Å². The summed E-state index contributed by atoms with van der Waals surface area (Å²) in [5.74, 6) is 0.372. The Labute approximate surface area is 55.8 Å². The monoisotopic (exact) mass is 124 g/mol. The summed E-state index contributed by atoms with van der Waals surface area (Å²) in [4.78, 5) is 10.9. The highest BCUT2D eigenvalue weighted by molar-refractivity contribution is 5.97. The maximum absolute atomic E-state index is 10.9. The summed E-state index contributed by atoms with van der Waals surface area (Å²) in [5, 5.41) is 0. The Bertz CT molecular complexity index is 145. The standard InChI is InChI=1S/C8H12O/c1-2-4-7-5-3-6-8(7)9/h4H,2-3,5-6H2,1H3/b7-4-. The van der Waals surface area contributed by atoms with Crippen LogP contribution in [0.1, 0.15) is 32.6 Å². The second kappa shape index (κ2) is 2.81. The van der Waals surface area contributed by atoms with Crippen LogP contribution < -0.4 is 0 Å². The van der Waals surface area contributed by atoms with Gasteiger partial charge in [0.25, 0.3) is 0 Å². The molecule has 1 aliphatic carbocycles. The second-order valence-corrected chi connectivity index (χ2v) is 2.41. The van der Waals surface area contributed by atoms with Gasteiger partial charge in [-0.3, -0.25) is 4.79 Å². The third kappa shape index (κ3) is 1.41. The highest BCUT2D eigenvalue weighted by Gasteiger charge is 2.15. The van der Waals surface area contributed by atoms with Crippen molar-refractivity contribution in [2.75, 3.05) is 0 Å². The molecule has 0 heterocycles. The quantitative estimate of drug-likeness (QED) is 0.489. The molecular weight excluding hydrogens is 112 g/mol. The topological polar surface area (TPSA) is 17.1 Å². The van der Waals surface area contributed by atoms with Crippen LogP contribution in [-0.4, -0.2) is 5.78 Å². The van der Waals surface area contributed by atoms with Crippen LogP contribution in [0.15, 0.2) is 11.6 Å². The van der Waals surface area contributed by atoms with Gasteiger partial charge in [0.1, 0.15) is 0 Å². The molecule has 0 aromatic heterocycles. The number of ketones is 1. The van der Waals surface area contributed by atoms with E-state index >= 15 is 0 Å². The molecule has 9 heavy (non-hydrogen) atoms. The lowest BCUT2D eigenvalue weighted by molar-refractivity contribution is -0.114. The summed E-state index contributed by atoms with van der Waals surface area (Å²) < 4.78 is 0. The second-order valence-electron chi connectivity index (χ2n) is 2.41. The Morgan fingerprint density at radius 2 is 2.33 bits per heavy atom. The van der Waals surface area contributed by atoms with Crippen LogP contribution in [0.2, 0.25) is 0 Å². The van der Waals surface area contributed by atoms with Gasteiger partial charge >= 0.3 is 0 Å². The minimum absolute atomic E-state index is 0.372. The molecule has 0 saturated heterocycles. The van der Waals surface area contributed by atoms with Crippen molar-refractivity contribution in [1.82, 2.24) is 0 Å². The number of carbonyl (C=O) groups is 1. The van der Waals surface area contributed by atoms with Crippen LogP contribution >= 0.6 is 0 Å². The van der Waals surface area contributed by atoms with Crippen LogP contribution in [0.5, 0.6) is 0 Å². The molecule has 0 N–H and O–H groups in total. The molecular formula is C8H12O. The molecule has 1 nitrogen and oxygen atoms in total. The molecule has 1 aliphatic rings. The van der Waals surface area contributed by atoms with E-state index in [2.05, 4.69) is 13.0 Å². The van der Waals surface area contributed by atoms with E-state index in [1.807, 2.05) is 0 Å². The summed E-state index contributed by atoms with van der Waals surface area (Å²) in [5.41, 5.74) is 1.07. The molecule has 0 atom stereocenters. The van der Waals surface area contributed by atoms with Crippen LogP contribution in [0, 0.1) is 0 Å². The molecule has 1 heteroatoms. The van der Waals surface area contributed by atoms with Gasteiger partial charge in [-0.2, -0.15) is 0 Å². The Balaban J connectivity index is 2.59. The summed E-state index contributed by atoms with van der Waals surface area (Å²) >= 11 is 0. The first-order valence-corrected chi connectivity index (χ1v) is 3.57. The van der Waals surface area contributed by atoms with E-state index in [1.165, 1.54) is 0 Å². The van der Waals surface area contributed by atoms with Gasteiger partial charge in [0.15, 0.2) is 5.78 Å². The fraction of sp³-hybridized carbons (Fsp3) is 0.625. The average molecular weight is 124 g/mol. The van der Waals surface area contributed by atoms with E-state index in [4.69, 9.17) is 0 Å². The van der Waals surface area contributed by atoms with Crippen molar-refractivity contribution in [1.29, 1.82) is 0 Å². The van der Waals surface area contributed by atoms with E-state index in [-0.39, 0.29) is 0 Å². The van der Waals surface area contributed by atoms with E-state index in [0.717, 1.165) is 31.3 Å². The van der Waals surface area contributed by atoms with Crippen molar-refractivity contribution in [3.63, 3.8) is 0 Å². The molecule has 1 rings (SSSR count). The third-order valence-electron chi connectivity index (χ3n) is 1.66. The predicted octanol–water partition coefficient (Wildman–Crippen LogP) is 2.08. The zero-order valence-corrected chi connectivity index (χ0v) is 5.81. The average Bonchev–Trinajstić information content (AvgIpc) is 2.18. The number of hydrogen-bond donors (Lipinski definition) is 0. The molecule has 0 bridgehead atoms. The largest absolute Gasteiger partial charge is 0.295 e. The summed E-state index contributed by atoms with van der Waals surface area (Å²) in [6.45, 7) is 2.07. The predicted molar refractivity (Wildman–Crippen MR) is 37.2 cm³/mol. The van der Waals surface area contributed by atoms with E-state index < -0.39 is 0 Å². The Morgan fingerprint density at radius 3 is 2.78 bits per heavy atom. The van der Waals surface area contributed by atoms with E-state index in [0.29, 0.717) is 5.78 Å². The normalized spacial score (nSPS) is 23.7. The lowest BCUT2D eigenvalue weighted by Gasteiger charge is -1.88. The zero-order valence-electron chi connectivity index (χ0n) is 5.81. The molecule has 0 amide bonds. The molecule has 0 radical (unpaired) electrons. The number of allylic oxidation sites excluding steroid dienone is 2. The van der Waals surface area contributed by atoms with Gasteiger partial charge < -0.3 is 0 Å². The summed E-state index contributed by atoms with van der Waals surface area (Å²) in [6.07, 6.45) is 5.93. The Hall–Kier alpha value is -0.590. The van der Waals surface area contributed by atoms with Crippen molar-refractivity contribution in [3.05, 3.63) is 11.6 Å². The first-order chi connectivity index (χ1) is 4.34. The van der Waals surface area contributed by atoms with Crippen LogP contribution in [0.25, 0.3) is 0 Å². The molecule has 0 aliphatic heterocycles.